The van der Waals surface area contributed by atoms with Crippen LogP contribution in [0.2, 0.25) is 5.02 Å². The van der Waals surface area contributed by atoms with Crippen LogP contribution in [0, 0.1) is 0 Å². The zero-order chi connectivity index (χ0) is 9.97. The first-order valence-corrected chi connectivity index (χ1v) is 5.45. The van der Waals surface area contributed by atoms with Crippen LogP contribution >= 0.6 is 11.6 Å². The quantitative estimate of drug-likeness (QED) is 0.785. The van der Waals surface area contributed by atoms with Crippen LogP contribution in [-0.4, -0.2) is 13.1 Å². The molecule has 0 aromatic heterocycles. The first kappa shape index (κ1) is 9.81. The van der Waals surface area contributed by atoms with Gasteiger partial charge in [0, 0.05) is 23.3 Å². The number of hydrogen-bond acceptors (Lipinski definition) is 2. The van der Waals surface area contributed by atoms with Gasteiger partial charge in [0.2, 0.25) is 0 Å². The van der Waals surface area contributed by atoms with E-state index >= 15 is 0 Å². The normalized spacial score (nSPS) is 20.0. The topological polar surface area (TPSA) is 24.1 Å². The molecule has 76 valence electrons. The standard InChI is InChI=1S/C11H15ClN2/c1-2-13-10-5-6-14-11-7-8(12)3-4-9(10)11/h3-4,7,10,13-14H,2,5-6H2,1H3. The van der Waals surface area contributed by atoms with Gasteiger partial charge < -0.3 is 10.6 Å². The number of nitrogens with one attached hydrogen (secondary N) is 2. The van der Waals surface area contributed by atoms with Crippen LogP contribution in [0.15, 0.2) is 18.2 Å². The van der Waals surface area contributed by atoms with Crippen LogP contribution in [0.3, 0.4) is 0 Å². The highest BCUT2D eigenvalue weighted by molar-refractivity contribution is 6.30. The first-order valence-electron chi connectivity index (χ1n) is 5.08. The van der Waals surface area contributed by atoms with Crippen molar-refractivity contribution in [2.24, 2.45) is 0 Å². The molecule has 0 spiro atoms. The summed E-state index contributed by atoms with van der Waals surface area (Å²) in [6.45, 7) is 4.16. The summed E-state index contributed by atoms with van der Waals surface area (Å²) in [5.41, 5.74) is 2.51. The van der Waals surface area contributed by atoms with Gasteiger partial charge in [-0.25, -0.2) is 0 Å². The molecular formula is C11H15ClN2. The van der Waals surface area contributed by atoms with Gasteiger partial charge in [0.25, 0.3) is 0 Å². The van der Waals surface area contributed by atoms with Crippen LogP contribution < -0.4 is 10.6 Å². The van der Waals surface area contributed by atoms with Gasteiger partial charge in [0.15, 0.2) is 0 Å². The first-order chi connectivity index (χ1) is 6.81. The molecule has 2 N–H and O–H groups in total. The molecule has 1 aliphatic rings. The van der Waals surface area contributed by atoms with Gasteiger partial charge in [-0.2, -0.15) is 0 Å². The molecule has 0 bridgehead atoms. The summed E-state index contributed by atoms with van der Waals surface area (Å²) in [6, 6.07) is 6.54. The van der Waals surface area contributed by atoms with Crippen molar-refractivity contribution in [2.75, 3.05) is 18.4 Å². The van der Waals surface area contributed by atoms with Crippen molar-refractivity contribution >= 4 is 17.3 Å². The second-order valence-electron chi connectivity index (χ2n) is 3.56. The molecule has 14 heavy (non-hydrogen) atoms. The molecule has 2 rings (SSSR count). The van der Waals surface area contributed by atoms with E-state index in [0.717, 1.165) is 24.5 Å². The molecule has 1 atom stereocenters. The third-order valence-electron chi connectivity index (χ3n) is 2.59. The Balaban J connectivity index is 2.30. The van der Waals surface area contributed by atoms with E-state index in [9.17, 15) is 0 Å². The maximum absolute atomic E-state index is 5.94. The fourth-order valence-corrected chi connectivity index (χ4v) is 2.12. The van der Waals surface area contributed by atoms with Crippen LogP contribution in [-0.2, 0) is 0 Å². The summed E-state index contributed by atoms with van der Waals surface area (Å²) in [5, 5.41) is 7.64. The molecule has 0 aliphatic carbocycles. The molecule has 1 aliphatic heterocycles. The molecule has 0 radical (unpaired) electrons. The summed E-state index contributed by atoms with van der Waals surface area (Å²) >= 11 is 5.94. The van der Waals surface area contributed by atoms with Crippen molar-refractivity contribution in [3.8, 4) is 0 Å². The van der Waals surface area contributed by atoms with E-state index in [2.05, 4.69) is 23.6 Å². The molecule has 0 saturated carbocycles. The smallest absolute Gasteiger partial charge is 0.0426 e. The fraction of sp³-hybridized carbons (Fsp3) is 0.455. The van der Waals surface area contributed by atoms with Gasteiger partial charge in [0.05, 0.1) is 0 Å². The minimum Gasteiger partial charge on any atom is -0.385 e. The monoisotopic (exact) mass is 210 g/mol. The van der Waals surface area contributed by atoms with Crippen molar-refractivity contribution in [3.63, 3.8) is 0 Å². The maximum atomic E-state index is 5.94. The Bertz CT molecular complexity index is 325. The molecule has 0 fully saturated rings. The lowest BCUT2D eigenvalue weighted by Gasteiger charge is -2.27. The average Bonchev–Trinajstić information content (AvgIpc) is 2.18. The molecule has 1 aromatic rings. The molecule has 1 aromatic carbocycles. The zero-order valence-electron chi connectivity index (χ0n) is 8.31. The SMILES string of the molecule is CCNC1CCNc2cc(Cl)ccc21. The van der Waals surface area contributed by atoms with Crippen LogP contribution in [0.5, 0.6) is 0 Å². The van der Waals surface area contributed by atoms with Crippen molar-refractivity contribution in [1.82, 2.24) is 5.32 Å². The largest absolute Gasteiger partial charge is 0.385 e. The Morgan fingerprint density at radius 1 is 1.57 bits per heavy atom. The molecule has 2 nitrogen and oxygen atoms in total. The summed E-state index contributed by atoms with van der Waals surface area (Å²) in [5.74, 6) is 0. The van der Waals surface area contributed by atoms with Crippen LogP contribution in [0.4, 0.5) is 5.69 Å². The lowest BCUT2D eigenvalue weighted by atomic mass is 9.98. The third-order valence-corrected chi connectivity index (χ3v) is 2.82. The molecule has 1 unspecified atom stereocenters. The van der Waals surface area contributed by atoms with Gasteiger partial charge in [-0.1, -0.05) is 24.6 Å². The van der Waals surface area contributed by atoms with Crippen LogP contribution in [0.25, 0.3) is 0 Å². The Labute approximate surface area is 89.7 Å². The van der Waals surface area contributed by atoms with E-state index < -0.39 is 0 Å². The van der Waals surface area contributed by atoms with Gasteiger partial charge in [-0.3, -0.25) is 0 Å². The minimum atomic E-state index is 0.480. The molecular weight excluding hydrogens is 196 g/mol. The Morgan fingerprint density at radius 2 is 2.43 bits per heavy atom. The zero-order valence-corrected chi connectivity index (χ0v) is 9.06. The minimum absolute atomic E-state index is 0.480. The predicted molar refractivity (Wildman–Crippen MR) is 61.0 cm³/mol. The van der Waals surface area contributed by atoms with Crippen molar-refractivity contribution in [3.05, 3.63) is 28.8 Å². The maximum Gasteiger partial charge on any atom is 0.0426 e. The second kappa shape index (κ2) is 4.20. The summed E-state index contributed by atoms with van der Waals surface area (Å²) in [4.78, 5) is 0. The second-order valence-corrected chi connectivity index (χ2v) is 3.99. The number of fused-ring (bicyclic) bond motifs is 1. The number of hydrogen-bond donors (Lipinski definition) is 2. The summed E-state index contributed by atoms with van der Waals surface area (Å²) in [6.07, 6.45) is 1.14. The number of benzene rings is 1. The highest BCUT2D eigenvalue weighted by atomic mass is 35.5. The Kier molecular flexibility index (Phi) is 2.94. The van der Waals surface area contributed by atoms with Gasteiger partial charge in [-0.05, 0) is 30.7 Å². The van der Waals surface area contributed by atoms with Gasteiger partial charge in [-0.15, -0.1) is 0 Å². The lowest BCUT2D eigenvalue weighted by Crippen LogP contribution is -2.27. The summed E-state index contributed by atoms with van der Waals surface area (Å²) < 4.78 is 0. The van der Waals surface area contributed by atoms with E-state index in [4.69, 9.17) is 11.6 Å². The molecule has 0 amide bonds. The molecule has 0 saturated heterocycles. The van der Waals surface area contributed by atoms with E-state index in [1.54, 1.807) is 0 Å². The van der Waals surface area contributed by atoms with E-state index in [0.29, 0.717) is 6.04 Å². The van der Waals surface area contributed by atoms with Gasteiger partial charge in [0.1, 0.15) is 0 Å². The number of rotatable bonds is 2. The van der Waals surface area contributed by atoms with E-state index in [-0.39, 0.29) is 0 Å². The number of anilines is 1. The van der Waals surface area contributed by atoms with E-state index in [1.807, 2.05) is 12.1 Å². The predicted octanol–water partition coefficient (Wildman–Crippen LogP) is 2.81. The Morgan fingerprint density at radius 3 is 3.21 bits per heavy atom. The van der Waals surface area contributed by atoms with Gasteiger partial charge >= 0.3 is 0 Å². The van der Waals surface area contributed by atoms with Crippen molar-refractivity contribution < 1.29 is 0 Å². The summed E-state index contributed by atoms with van der Waals surface area (Å²) in [7, 11) is 0. The van der Waals surface area contributed by atoms with Crippen molar-refractivity contribution in [1.29, 1.82) is 0 Å². The van der Waals surface area contributed by atoms with Crippen molar-refractivity contribution in [2.45, 2.75) is 19.4 Å². The van der Waals surface area contributed by atoms with E-state index in [1.165, 1.54) is 11.3 Å². The third kappa shape index (κ3) is 1.86. The highest BCUT2D eigenvalue weighted by Crippen LogP contribution is 2.31. The lowest BCUT2D eigenvalue weighted by molar-refractivity contribution is 0.517. The Hall–Kier alpha value is -0.730. The number of halogens is 1. The molecule has 1 heterocycles. The molecule has 3 heteroatoms. The average molecular weight is 211 g/mol. The van der Waals surface area contributed by atoms with Crippen LogP contribution in [0.1, 0.15) is 24.9 Å². The fourth-order valence-electron chi connectivity index (χ4n) is 1.95. The highest BCUT2D eigenvalue weighted by Gasteiger charge is 2.18.